The van der Waals surface area contributed by atoms with E-state index in [0.29, 0.717) is 36.4 Å². The van der Waals surface area contributed by atoms with E-state index in [1.54, 1.807) is 6.07 Å². The summed E-state index contributed by atoms with van der Waals surface area (Å²) < 4.78 is 34.4. The highest BCUT2D eigenvalue weighted by Crippen LogP contribution is 2.28. The van der Waals surface area contributed by atoms with E-state index in [2.05, 4.69) is 26.1 Å². The SMILES string of the molecule is CC1CCC(NC(=O)Cn2c(=O)oc3cc(S(=O)(=O)N4C[C@@H](C)C[C@H](C)C4)ccc32)CC1. The molecule has 8 nitrogen and oxygen atoms in total. The third kappa shape index (κ3) is 4.78. The first-order chi connectivity index (χ1) is 15.1. The van der Waals surface area contributed by atoms with E-state index in [4.69, 9.17) is 4.42 Å². The molecule has 1 amide bonds. The number of sulfonamides is 1. The molecule has 2 aliphatic rings. The lowest BCUT2D eigenvalue weighted by molar-refractivity contribution is -0.122. The van der Waals surface area contributed by atoms with Gasteiger partial charge in [-0.05, 0) is 62.0 Å². The van der Waals surface area contributed by atoms with Crippen LogP contribution in [0.25, 0.3) is 11.1 Å². The maximum absolute atomic E-state index is 13.2. The standard InChI is InChI=1S/C23H33N3O5S/c1-15-4-6-18(7-5-15)24-22(27)14-26-20-9-8-19(11-21(20)31-23(26)28)32(29,30)25-12-16(2)10-17(3)13-25/h8-9,11,15-18H,4-7,10,12-14H2,1-3H3,(H,24,27)/t15?,16-,17-,18?/m0/s1. The zero-order chi connectivity index (χ0) is 23.0. The van der Waals surface area contributed by atoms with Crippen LogP contribution in [0.15, 0.2) is 32.3 Å². The molecule has 1 aromatic carbocycles. The molecule has 32 heavy (non-hydrogen) atoms. The number of carbonyl (C=O) groups is 1. The predicted molar refractivity (Wildman–Crippen MR) is 122 cm³/mol. The highest BCUT2D eigenvalue weighted by Gasteiger charge is 2.32. The Hall–Kier alpha value is -2.13. The van der Waals surface area contributed by atoms with Crippen molar-refractivity contribution in [3.63, 3.8) is 0 Å². The molecule has 1 aliphatic heterocycles. The molecular formula is C23H33N3O5S. The maximum atomic E-state index is 13.2. The van der Waals surface area contributed by atoms with Gasteiger partial charge in [0.1, 0.15) is 6.54 Å². The summed E-state index contributed by atoms with van der Waals surface area (Å²) in [5.41, 5.74) is 0.593. The molecule has 1 aliphatic carbocycles. The van der Waals surface area contributed by atoms with E-state index in [1.807, 2.05) is 0 Å². The summed E-state index contributed by atoms with van der Waals surface area (Å²) >= 11 is 0. The van der Waals surface area contributed by atoms with E-state index in [9.17, 15) is 18.0 Å². The number of hydrogen-bond acceptors (Lipinski definition) is 5. The summed E-state index contributed by atoms with van der Waals surface area (Å²) in [7, 11) is -3.69. The molecule has 2 fully saturated rings. The minimum atomic E-state index is -3.69. The third-order valence-electron chi connectivity index (χ3n) is 6.80. The Balaban J connectivity index is 1.53. The second kappa shape index (κ2) is 9.02. The summed E-state index contributed by atoms with van der Waals surface area (Å²) in [6.07, 6.45) is 5.08. The fraction of sp³-hybridized carbons (Fsp3) is 0.652. The minimum Gasteiger partial charge on any atom is -0.408 e. The largest absolute Gasteiger partial charge is 0.420 e. The van der Waals surface area contributed by atoms with Crippen LogP contribution >= 0.6 is 0 Å². The highest BCUT2D eigenvalue weighted by molar-refractivity contribution is 7.89. The van der Waals surface area contributed by atoms with E-state index in [1.165, 1.54) is 21.0 Å². The van der Waals surface area contributed by atoms with Crippen molar-refractivity contribution in [1.82, 2.24) is 14.2 Å². The van der Waals surface area contributed by atoms with Gasteiger partial charge in [0.15, 0.2) is 5.58 Å². The lowest BCUT2D eigenvalue weighted by atomic mass is 9.87. The number of nitrogens with zero attached hydrogens (tertiary/aromatic N) is 2. The molecule has 1 saturated heterocycles. The zero-order valence-corrected chi connectivity index (χ0v) is 19.9. The predicted octanol–water partition coefficient (Wildman–Crippen LogP) is 2.96. The fourth-order valence-electron chi connectivity index (χ4n) is 5.13. The van der Waals surface area contributed by atoms with E-state index in [0.717, 1.165) is 32.1 Å². The van der Waals surface area contributed by atoms with Gasteiger partial charge in [0.25, 0.3) is 0 Å². The van der Waals surface area contributed by atoms with Crippen molar-refractivity contribution in [2.24, 2.45) is 17.8 Å². The van der Waals surface area contributed by atoms with Crippen molar-refractivity contribution in [1.29, 1.82) is 0 Å². The molecule has 2 heterocycles. The van der Waals surface area contributed by atoms with Crippen molar-refractivity contribution in [3.05, 3.63) is 28.7 Å². The normalized spacial score (nSPS) is 27.5. The Labute approximate surface area is 189 Å². The molecule has 0 radical (unpaired) electrons. The number of amides is 1. The Kier molecular flexibility index (Phi) is 6.49. The number of nitrogens with one attached hydrogen (secondary N) is 1. The van der Waals surface area contributed by atoms with E-state index in [-0.39, 0.29) is 29.0 Å². The molecule has 9 heteroatoms. The van der Waals surface area contributed by atoms with Crippen LogP contribution in [0.5, 0.6) is 0 Å². The second-order valence-corrected chi connectivity index (χ2v) is 11.8. The number of piperidine rings is 1. The van der Waals surface area contributed by atoms with Gasteiger partial charge in [-0.2, -0.15) is 4.31 Å². The number of hydrogen-bond donors (Lipinski definition) is 1. The number of aromatic nitrogens is 1. The van der Waals surface area contributed by atoms with Crippen LogP contribution in [0, 0.1) is 17.8 Å². The van der Waals surface area contributed by atoms with Gasteiger partial charge < -0.3 is 9.73 Å². The average molecular weight is 464 g/mol. The van der Waals surface area contributed by atoms with E-state index >= 15 is 0 Å². The zero-order valence-electron chi connectivity index (χ0n) is 19.0. The van der Waals surface area contributed by atoms with Crippen molar-refractivity contribution >= 4 is 27.0 Å². The smallest absolute Gasteiger partial charge is 0.408 e. The first-order valence-electron chi connectivity index (χ1n) is 11.6. The molecule has 176 valence electrons. The van der Waals surface area contributed by atoms with Gasteiger partial charge in [-0.3, -0.25) is 9.36 Å². The number of oxazole rings is 1. The summed E-state index contributed by atoms with van der Waals surface area (Å²) in [6.45, 7) is 7.14. The quantitative estimate of drug-likeness (QED) is 0.735. The summed E-state index contributed by atoms with van der Waals surface area (Å²) in [5, 5.41) is 3.01. The lowest BCUT2D eigenvalue weighted by Crippen LogP contribution is -2.42. The molecule has 0 bridgehead atoms. The van der Waals surface area contributed by atoms with Gasteiger partial charge in [0, 0.05) is 25.2 Å². The summed E-state index contributed by atoms with van der Waals surface area (Å²) in [4.78, 5) is 25.1. The molecule has 0 unspecified atom stereocenters. The van der Waals surface area contributed by atoms with Gasteiger partial charge >= 0.3 is 5.76 Å². The summed E-state index contributed by atoms with van der Waals surface area (Å²) in [6, 6.07) is 4.58. The lowest BCUT2D eigenvalue weighted by Gasteiger charge is -2.34. The third-order valence-corrected chi connectivity index (χ3v) is 8.62. The van der Waals surface area contributed by atoms with Crippen LogP contribution < -0.4 is 11.1 Å². The van der Waals surface area contributed by atoms with Gasteiger partial charge in [0.2, 0.25) is 15.9 Å². The minimum absolute atomic E-state index is 0.105. The number of rotatable bonds is 5. The molecular weight excluding hydrogens is 430 g/mol. The van der Waals surface area contributed by atoms with Crippen LogP contribution in [-0.2, 0) is 21.4 Å². The highest BCUT2D eigenvalue weighted by atomic mass is 32.2. The van der Waals surface area contributed by atoms with Crippen molar-refractivity contribution < 1.29 is 17.6 Å². The topological polar surface area (TPSA) is 102 Å². The van der Waals surface area contributed by atoms with Gasteiger partial charge in [-0.15, -0.1) is 0 Å². The van der Waals surface area contributed by atoms with Gasteiger partial charge in [0.05, 0.1) is 10.4 Å². The van der Waals surface area contributed by atoms with Crippen LogP contribution in [0.1, 0.15) is 52.9 Å². The van der Waals surface area contributed by atoms with Crippen LogP contribution in [-0.4, -0.2) is 42.3 Å². The monoisotopic (exact) mass is 463 g/mol. The molecule has 2 aromatic rings. The number of carbonyl (C=O) groups excluding carboxylic acids is 1. The first kappa shape index (κ1) is 23.0. The van der Waals surface area contributed by atoms with Gasteiger partial charge in [-0.1, -0.05) is 20.8 Å². The molecule has 1 N–H and O–H groups in total. The van der Waals surface area contributed by atoms with Crippen LogP contribution in [0.3, 0.4) is 0 Å². The Morgan fingerprint density at radius 3 is 2.38 bits per heavy atom. The van der Waals surface area contributed by atoms with Crippen molar-refractivity contribution in [3.8, 4) is 0 Å². The molecule has 0 spiro atoms. The number of fused-ring (bicyclic) bond motifs is 1. The second-order valence-electron chi connectivity index (χ2n) is 9.88. The Morgan fingerprint density at radius 2 is 1.72 bits per heavy atom. The van der Waals surface area contributed by atoms with E-state index < -0.39 is 15.8 Å². The van der Waals surface area contributed by atoms with Gasteiger partial charge in [-0.25, -0.2) is 13.2 Å². The van der Waals surface area contributed by atoms with Crippen molar-refractivity contribution in [2.75, 3.05) is 13.1 Å². The van der Waals surface area contributed by atoms with Crippen molar-refractivity contribution in [2.45, 2.75) is 70.4 Å². The Morgan fingerprint density at radius 1 is 1.06 bits per heavy atom. The van der Waals surface area contributed by atoms with Crippen LogP contribution in [0.4, 0.5) is 0 Å². The molecule has 1 aromatic heterocycles. The molecule has 4 rings (SSSR count). The molecule has 1 saturated carbocycles. The number of benzene rings is 1. The maximum Gasteiger partial charge on any atom is 0.420 e. The Bertz CT molecular complexity index is 1130. The first-order valence-corrected chi connectivity index (χ1v) is 13.0. The summed E-state index contributed by atoms with van der Waals surface area (Å²) in [5.74, 6) is 0.374. The van der Waals surface area contributed by atoms with Crippen LogP contribution in [0.2, 0.25) is 0 Å². The fourth-order valence-corrected chi connectivity index (χ4v) is 6.82. The molecule has 2 atom stereocenters. The average Bonchev–Trinajstić information content (AvgIpc) is 3.03.